The van der Waals surface area contributed by atoms with Gasteiger partial charge in [-0.15, -0.1) is 11.8 Å². The van der Waals surface area contributed by atoms with E-state index in [9.17, 15) is 0 Å². The van der Waals surface area contributed by atoms with Crippen LogP contribution in [-0.2, 0) is 0 Å². The molecule has 0 atom stereocenters. The molecule has 0 heterocycles. The molecule has 0 saturated carbocycles. The smallest absolute Gasteiger partial charge is 0.119 e. The number of ether oxygens (including phenoxy) is 1. The zero-order valence-corrected chi connectivity index (χ0v) is 13.1. The molecule has 4 heteroatoms. The SMILES string of the molecule is CSc1ccc(OCCNc2cccc(Br)c2)cc1. The summed E-state index contributed by atoms with van der Waals surface area (Å²) in [7, 11) is 0. The first-order chi connectivity index (χ1) is 9.28. The third kappa shape index (κ3) is 4.80. The van der Waals surface area contributed by atoms with Crippen LogP contribution in [0.3, 0.4) is 0 Å². The van der Waals surface area contributed by atoms with Crippen molar-refractivity contribution in [1.29, 1.82) is 0 Å². The van der Waals surface area contributed by atoms with Gasteiger partial charge in [0.25, 0.3) is 0 Å². The minimum absolute atomic E-state index is 0.644. The Morgan fingerprint density at radius 2 is 1.95 bits per heavy atom. The Hall–Kier alpha value is -1.13. The summed E-state index contributed by atoms with van der Waals surface area (Å²) in [6.45, 7) is 1.42. The molecule has 0 spiro atoms. The summed E-state index contributed by atoms with van der Waals surface area (Å²) in [5.74, 6) is 0.911. The van der Waals surface area contributed by atoms with Crippen molar-refractivity contribution < 1.29 is 4.74 Å². The molecule has 0 radical (unpaired) electrons. The predicted molar refractivity (Wildman–Crippen MR) is 86.3 cm³/mol. The van der Waals surface area contributed by atoms with Crippen molar-refractivity contribution in [2.24, 2.45) is 0 Å². The van der Waals surface area contributed by atoms with E-state index in [-0.39, 0.29) is 0 Å². The normalized spacial score (nSPS) is 10.2. The molecule has 2 aromatic rings. The molecule has 2 aromatic carbocycles. The number of hydrogen-bond acceptors (Lipinski definition) is 3. The molecule has 0 bridgehead atoms. The van der Waals surface area contributed by atoms with E-state index in [1.807, 2.05) is 36.4 Å². The van der Waals surface area contributed by atoms with Crippen molar-refractivity contribution in [2.45, 2.75) is 4.90 Å². The first-order valence-electron chi connectivity index (χ1n) is 6.04. The van der Waals surface area contributed by atoms with Gasteiger partial charge in [-0.3, -0.25) is 0 Å². The molecule has 0 fully saturated rings. The van der Waals surface area contributed by atoms with Gasteiger partial charge in [0.1, 0.15) is 12.4 Å². The molecule has 100 valence electrons. The second kappa shape index (κ2) is 7.46. The first kappa shape index (κ1) is 14.3. The number of benzene rings is 2. The van der Waals surface area contributed by atoms with E-state index in [2.05, 4.69) is 39.6 Å². The maximum Gasteiger partial charge on any atom is 0.119 e. The standard InChI is InChI=1S/C15H16BrNOS/c1-19-15-7-5-14(6-8-15)18-10-9-17-13-4-2-3-12(16)11-13/h2-8,11,17H,9-10H2,1H3. The number of anilines is 1. The van der Waals surface area contributed by atoms with Gasteiger partial charge in [-0.25, -0.2) is 0 Å². The molecule has 19 heavy (non-hydrogen) atoms. The van der Waals surface area contributed by atoms with Crippen LogP contribution in [0.4, 0.5) is 5.69 Å². The molecule has 0 aliphatic carbocycles. The highest BCUT2D eigenvalue weighted by atomic mass is 79.9. The summed E-state index contributed by atoms with van der Waals surface area (Å²) in [6, 6.07) is 16.3. The molecule has 0 aliphatic rings. The Morgan fingerprint density at radius 1 is 1.16 bits per heavy atom. The Kier molecular flexibility index (Phi) is 5.61. The largest absolute Gasteiger partial charge is 0.492 e. The van der Waals surface area contributed by atoms with Gasteiger partial charge in [-0.1, -0.05) is 22.0 Å². The summed E-state index contributed by atoms with van der Waals surface area (Å²) in [5.41, 5.74) is 1.09. The highest BCUT2D eigenvalue weighted by Gasteiger charge is 1.96. The molecule has 0 unspecified atom stereocenters. The zero-order chi connectivity index (χ0) is 13.5. The van der Waals surface area contributed by atoms with Crippen LogP contribution in [0.15, 0.2) is 57.9 Å². The van der Waals surface area contributed by atoms with Gasteiger partial charge in [-0.05, 0) is 48.7 Å². The fourth-order valence-electron chi connectivity index (χ4n) is 1.63. The van der Waals surface area contributed by atoms with E-state index in [4.69, 9.17) is 4.74 Å². The monoisotopic (exact) mass is 337 g/mol. The van der Waals surface area contributed by atoms with Crippen LogP contribution in [-0.4, -0.2) is 19.4 Å². The van der Waals surface area contributed by atoms with Crippen molar-refractivity contribution in [2.75, 3.05) is 24.7 Å². The van der Waals surface area contributed by atoms with Crippen LogP contribution >= 0.6 is 27.7 Å². The van der Waals surface area contributed by atoms with E-state index in [1.165, 1.54) is 4.90 Å². The van der Waals surface area contributed by atoms with E-state index in [0.717, 1.165) is 22.5 Å². The Labute approximate surface area is 126 Å². The van der Waals surface area contributed by atoms with Gasteiger partial charge in [0, 0.05) is 21.6 Å². The molecule has 0 aliphatic heterocycles. The fraction of sp³-hybridized carbons (Fsp3) is 0.200. The maximum atomic E-state index is 5.67. The van der Waals surface area contributed by atoms with Crippen LogP contribution in [0.5, 0.6) is 5.75 Å². The number of hydrogen-bond donors (Lipinski definition) is 1. The molecule has 1 N–H and O–H groups in total. The van der Waals surface area contributed by atoms with Crippen LogP contribution < -0.4 is 10.1 Å². The van der Waals surface area contributed by atoms with Crippen LogP contribution in [0, 0.1) is 0 Å². The Morgan fingerprint density at radius 3 is 2.63 bits per heavy atom. The second-order valence-corrected chi connectivity index (χ2v) is 5.76. The minimum Gasteiger partial charge on any atom is -0.492 e. The number of thioether (sulfide) groups is 1. The quantitative estimate of drug-likeness (QED) is 0.611. The van der Waals surface area contributed by atoms with E-state index in [0.29, 0.717) is 6.61 Å². The molecule has 2 nitrogen and oxygen atoms in total. The maximum absolute atomic E-state index is 5.67. The molecule has 0 aromatic heterocycles. The Balaban J connectivity index is 1.74. The molecule has 0 saturated heterocycles. The van der Waals surface area contributed by atoms with Crippen molar-refractivity contribution in [3.05, 3.63) is 53.0 Å². The average Bonchev–Trinajstić information content (AvgIpc) is 2.44. The van der Waals surface area contributed by atoms with Crippen molar-refractivity contribution in [1.82, 2.24) is 0 Å². The van der Waals surface area contributed by atoms with Crippen LogP contribution in [0.1, 0.15) is 0 Å². The number of nitrogens with one attached hydrogen (secondary N) is 1. The molecule has 2 rings (SSSR count). The van der Waals surface area contributed by atoms with E-state index in [1.54, 1.807) is 11.8 Å². The van der Waals surface area contributed by atoms with Gasteiger partial charge in [-0.2, -0.15) is 0 Å². The fourth-order valence-corrected chi connectivity index (χ4v) is 2.44. The number of halogens is 1. The lowest BCUT2D eigenvalue weighted by molar-refractivity contribution is 0.332. The lowest BCUT2D eigenvalue weighted by Gasteiger charge is -2.09. The van der Waals surface area contributed by atoms with Gasteiger partial charge < -0.3 is 10.1 Å². The van der Waals surface area contributed by atoms with E-state index < -0.39 is 0 Å². The summed E-state index contributed by atoms with van der Waals surface area (Å²) in [4.78, 5) is 1.25. The topological polar surface area (TPSA) is 21.3 Å². The summed E-state index contributed by atoms with van der Waals surface area (Å²) in [5, 5.41) is 3.32. The highest BCUT2D eigenvalue weighted by molar-refractivity contribution is 9.10. The minimum atomic E-state index is 0.644. The molecule has 0 amide bonds. The van der Waals surface area contributed by atoms with Gasteiger partial charge in [0.2, 0.25) is 0 Å². The van der Waals surface area contributed by atoms with Gasteiger partial charge in [0.05, 0.1) is 0 Å². The third-order valence-corrected chi connectivity index (χ3v) is 3.82. The first-order valence-corrected chi connectivity index (χ1v) is 8.06. The summed E-state index contributed by atoms with van der Waals surface area (Å²) in [6.07, 6.45) is 2.07. The average molecular weight is 338 g/mol. The van der Waals surface area contributed by atoms with Crippen molar-refractivity contribution >= 4 is 33.4 Å². The summed E-state index contributed by atoms with van der Waals surface area (Å²) < 4.78 is 6.75. The van der Waals surface area contributed by atoms with Gasteiger partial charge >= 0.3 is 0 Å². The zero-order valence-electron chi connectivity index (χ0n) is 10.7. The van der Waals surface area contributed by atoms with Crippen LogP contribution in [0.25, 0.3) is 0 Å². The lowest BCUT2D eigenvalue weighted by Crippen LogP contribution is -2.11. The molecular weight excluding hydrogens is 322 g/mol. The number of rotatable bonds is 6. The highest BCUT2D eigenvalue weighted by Crippen LogP contribution is 2.19. The third-order valence-electron chi connectivity index (χ3n) is 2.58. The summed E-state index contributed by atoms with van der Waals surface area (Å²) >= 11 is 5.18. The van der Waals surface area contributed by atoms with E-state index >= 15 is 0 Å². The van der Waals surface area contributed by atoms with Gasteiger partial charge in [0.15, 0.2) is 0 Å². The molecular formula is C15H16BrNOS. The second-order valence-electron chi connectivity index (χ2n) is 3.96. The van der Waals surface area contributed by atoms with Crippen molar-refractivity contribution in [3.8, 4) is 5.75 Å². The van der Waals surface area contributed by atoms with Crippen LogP contribution in [0.2, 0.25) is 0 Å². The predicted octanol–water partition coefficient (Wildman–Crippen LogP) is 4.66. The lowest BCUT2D eigenvalue weighted by atomic mass is 10.3. The van der Waals surface area contributed by atoms with Crippen molar-refractivity contribution in [3.63, 3.8) is 0 Å². The Bertz CT molecular complexity index is 516.